The van der Waals surface area contributed by atoms with E-state index in [-0.39, 0.29) is 17.5 Å². The second-order valence-corrected chi connectivity index (χ2v) is 5.24. The number of aromatic hydroxyl groups is 1. The summed E-state index contributed by atoms with van der Waals surface area (Å²) in [7, 11) is 0. The number of fused-ring (bicyclic) bond motifs is 1. The molecule has 1 fully saturated rings. The zero-order valence-corrected chi connectivity index (χ0v) is 11.7. The van der Waals surface area contributed by atoms with Gasteiger partial charge < -0.3 is 26.5 Å². The fourth-order valence-corrected chi connectivity index (χ4v) is 2.75. The van der Waals surface area contributed by atoms with Gasteiger partial charge in [-0.2, -0.15) is 0 Å². The zero-order valence-electron chi connectivity index (χ0n) is 11.7. The topological polar surface area (TPSA) is 97.7 Å². The molecule has 0 saturated carbocycles. The first-order valence-corrected chi connectivity index (χ1v) is 7.03. The summed E-state index contributed by atoms with van der Waals surface area (Å²) in [4.78, 5) is 6.55. The number of nitrogens with two attached hydrogens (primary N) is 1. The molecule has 0 spiro atoms. The van der Waals surface area contributed by atoms with Gasteiger partial charge in [0.25, 0.3) is 0 Å². The fourth-order valence-electron chi connectivity index (χ4n) is 2.75. The van der Waals surface area contributed by atoms with Gasteiger partial charge in [-0.15, -0.1) is 0 Å². The van der Waals surface area contributed by atoms with Crippen LogP contribution in [0.5, 0.6) is 5.75 Å². The molecule has 110 valence electrons. The normalized spacial score (nSPS) is 23.6. The van der Waals surface area contributed by atoms with Crippen molar-refractivity contribution in [3.63, 3.8) is 0 Å². The van der Waals surface area contributed by atoms with E-state index in [1.54, 1.807) is 30.3 Å². The van der Waals surface area contributed by atoms with Crippen molar-refractivity contribution in [1.29, 1.82) is 5.41 Å². The van der Waals surface area contributed by atoms with Gasteiger partial charge in [0.1, 0.15) is 11.6 Å². The predicted molar refractivity (Wildman–Crippen MR) is 82.9 cm³/mol. The smallest absolute Gasteiger partial charge is 0.142 e. The van der Waals surface area contributed by atoms with Gasteiger partial charge in [0.05, 0.1) is 24.0 Å². The first kappa shape index (κ1) is 13.6. The van der Waals surface area contributed by atoms with Crippen molar-refractivity contribution in [1.82, 2.24) is 10.2 Å². The second kappa shape index (κ2) is 5.57. The molecule has 1 atom stereocenters. The molecule has 3 rings (SSSR count). The Balaban J connectivity index is 1.93. The highest BCUT2D eigenvalue weighted by atomic mass is 16.3. The van der Waals surface area contributed by atoms with E-state index in [1.807, 2.05) is 0 Å². The van der Waals surface area contributed by atoms with Crippen LogP contribution >= 0.6 is 0 Å². The average molecular weight is 285 g/mol. The largest absolute Gasteiger partial charge is 0.507 e. The van der Waals surface area contributed by atoms with E-state index >= 15 is 0 Å². The van der Waals surface area contributed by atoms with Gasteiger partial charge in [-0.25, -0.2) is 0 Å². The molecule has 6 heteroatoms. The van der Waals surface area contributed by atoms with Crippen LogP contribution in [0, 0.1) is 5.41 Å². The molecule has 1 saturated heterocycles. The van der Waals surface area contributed by atoms with Crippen LogP contribution in [0.1, 0.15) is 5.56 Å². The molecule has 2 aliphatic rings. The summed E-state index contributed by atoms with van der Waals surface area (Å²) in [6.45, 7) is 3.30. The third kappa shape index (κ3) is 2.62. The van der Waals surface area contributed by atoms with E-state index in [4.69, 9.17) is 11.1 Å². The number of nitrogens with zero attached hydrogens (tertiary/aromatic N) is 2. The number of hydrogen-bond acceptors (Lipinski definition) is 6. The summed E-state index contributed by atoms with van der Waals surface area (Å²) in [6.07, 6.45) is 1.70. The Morgan fingerprint density at radius 2 is 2.29 bits per heavy atom. The Labute approximate surface area is 123 Å². The Hall–Kier alpha value is -2.34. The third-order valence-corrected chi connectivity index (χ3v) is 3.87. The van der Waals surface area contributed by atoms with Crippen LogP contribution in [-0.4, -0.2) is 53.8 Å². The molecule has 21 heavy (non-hydrogen) atoms. The summed E-state index contributed by atoms with van der Waals surface area (Å²) in [5.74, 6) is 0.566. The minimum absolute atomic E-state index is 0.0996. The summed E-state index contributed by atoms with van der Waals surface area (Å²) in [5, 5.41) is 21.4. The Kier molecular flexibility index (Phi) is 3.62. The van der Waals surface area contributed by atoms with Crippen molar-refractivity contribution >= 4 is 11.5 Å². The van der Waals surface area contributed by atoms with Crippen molar-refractivity contribution in [2.75, 3.05) is 26.2 Å². The number of hydrogen-bond donors (Lipinski definition) is 4. The molecule has 0 aromatic heterocycles. The number of benzene rings is 1. The summed E-state index contributed by atoms with van der Waals surface area (Å²) < 4.78 is 0. The molecular weight excluding hydrogens is 266 g/mol. The highest BCUT2D eigenvalue weighted by Crippen LogP contribution is 2.21. The molecule has 5 N–H and O–H groups in total. The number of piperazine rings is 1. The van der Waals surface area contributed by atoms with Crippen molar-refractivity contribution in [3.05, 3.63) is 41.6 Å². The number of phenolic OH excluding ortho intramolecular Hbond substituents is 1. The number of amidine groups is 1. The maximum absolute atomic E-state index is 9.85. The first-order valence-electron chi connectivity index (χ1n) is 7.03. The summed E-state index contributed by atoms with van der Waals surface area (Å²) in [5.41, 5.74) is 7.52. The number of para-hydroxylation sites is 1. The van der Waals surface area contributed by atoms with E-state index < -0.39 is 0 Å². The lowest BCUT2D eigenvalue weighted by molar-refractivity contribution is 0.217. The Morgan fingerprint density at radius 3 is 3.10 bits per heavy atom. The van der Waals surface area contributed by atoms with Gasteiger partial charge in [-0.3, -0.25) is 4.99 Å². The quantitative estimate of drug-likeness (QED) is 0.587. The highest BCUT2D eigenvalue weighted by Gasteiger charge is 2.29. The van der Waals surface area contributed by atoms with Crippen LogP contribution in [0.4, 0.5) is 0 Å². The van der Waals surface area contributed by atoms with E-state index in [2.05, 4.69) is 15.2 Å². The molecule has 0 bridgehead atoms. The van der Waals surface area contributed by atoms with Gasteiger partial charge >= 0.3 is 0 Å². The molecule has 0 unspecified atom stereocenters. The van der Waals surface area contributed by atoms with Crippen molar-refractivity contribution in [2.24, 2.45) is 10.7 Å². The standard InChI is InChI=1S/C15H19N5O/c16-12(11-3-1-2-4-14(11)21)7-13-15(17)19-9-10-8-18-5-6-20(10)13/h1-4,7,10,16,18,21H,5-6,8-9H2,(H2,17,19)/b13-7+,16-12?/t10-/m1/s1. The molecule has 0 aliphatic carbocycles. The maximum atomic E-state index is 9.85. The van der Waals surface area contributed by atoms with Crippen molar-refractivity contribution < 1.29 is 5.11 Å². The minimum atomic E-state index is 0.0996. The van der Waals surface area contributed by atoms with Gasteiger partial charge in [0.15, 0.2) is 0 Å². The average Bonchev–Trinajstić information content (AvgIpc) is 2.50. The first-order chi connectivity index (χ1) is 10.2. The molecule has 0 radical (unpaired) electrons. The van der Waals surface area contributed by atoms with Gasteiger partial charge in [0.2, 0.25) is 0 Å². The number of aliphatic imine (C=N–C) groups is 1. The molecule has 1 aromatic carbocycles. The Bertz CT molecular complexity index is 622. The van der Waals surface area contributed by atoms with Crippen LogP contribution in [0.3, 0.4) is 0 Å². The summed E-state index contributed by atoms with van der Waals surface area (Å²) >= 11 is 0. The lowest BCUT2D eigenvalue weighted by atomic mass is 10.0. The van der Waals surface area contributed by atoms with E-state index in [0.29, 0.717) is 17.9 Å². The predicted octanol–water partition coefficient (Wildman–Crippen LogP) is 0.289. The summed E-state index contributed by atoms with van der Waals surface area (Å²) in [6, 6.07) is 7.12. The molecule has 2 aliphatic heterocycles. The monoisotopic (exact) mass is 285 g/mol. The van der Waals surface area contributed by atoms with Crippen molar-refractivity contribution in [2.45, 2.75) is 6.04 Å². The lowest BCUT2D eigenvalue weighted by Gasteiger charge is -2.41. The Morgan fingerprint density at radius 1 is 1.48 bits per heavy atom. The highest BCUT2D eigenvalue weighted by molar-refractivity contribution is 6.12. The SMILES string of the molecule is N=C(/C=C1\C(N)=NC[C@H]2CNCCN12)c1ccccc1O. The van der Waals surface area contributed by atoms with Gasteiger partial charge in [-0.05, 0) is 18.2 Å². The third-order valence-electron chi connectivity index (χ3n) is 3.87. The molecule has 2 heterocycles. The number of nitrogens with one attached hydrogen (secondary N) is 2. The lowest BCUT2D eigenvalue weighted by Crippen LogP contribution is -2.56. The number of phenols is 1. The minimum Gasteiger partial charge on any atom is -0.507 e. The zero-order chi connectivity index (χ0) is 14.8. The van der Waals surface area contributed by atoms with E-state index in [9.17, 15) is 5.11 Å². The second-order valence-electron chi connectivity index (χ2n) is 5.24. The van der Waals surface area contributed by atoms with Gasteiger partial charge in [-0.1, -0.05) is 12.1 Å². The fraction of sp³-hybridized carbons (Fsp3) is 0.333. The molecule has 1 aromatic rings. The van der Waals surface area contributed by atoms with Crippen LogP contribution in [0.15, 0.2) is 41.0 Å². The van der Waals surface area contributed by atoms with Crippen LogP contribution in [0.2, 0.25) is 0 Å². The molecular formula is C15H19N5O. The number of rotatable bonds is 2. The van der Waals surface area contributed by atoms with Crippen molar-refractivity contribution in [3.8, 4) is 5.75 Å². The molecule has 6 nitrogen and oxygen atoms in total. The maximum Gasteiger partial charge on any atom is 0.142 e. The number of allylic oxidation sites excluding steroid dienone is 1. The molecule has 0 amide bonds. The van der Waals surface area contributed by atoms with Crippen LogP contribution in [0.25, 0.3) is 0 Å². The van der Waals surface area contributed by atoms with Crippen LogP contribution < -0.4 is 11.1 Å². The van der Waals surface area contributed by atoms with Gasteiger partial charge in [0, 0.05) is 25.2 Å². The van der Waals surface area contributed by atoms with E-state index in [1.165, 1.54) is 0 Å². The van der Waals surface area contributed by atoms with Crippen LogP contribution in [-0.2, 0) is 0 Å². The van der Waals surface area contributed by atoms with E-state index in [0.717, 1.165) is 25.3 Å².